The van der Waals surface area contributed by atoms with Gasteiger partial charge in [-0.05, 0) is 37.7 Å². The number of nitrogens with one attached hydrogen (secondary N) is 1. The van der Waals surface area contributed by atoms with Crippen LogP contribution >= 0.6 is 0 Å². The van der Waals surface area contributed by atoms with E-state index in [2.05, 4.69) is 36.5 Å². The minimum atomic E-state index is 0.183. The van der Waals surface area contributed by atoms with Crippen LogP contribution in [0.25, 0.3) is 0 Å². The Balaban J connectivity index is 1.85. The first kappa shape index (κ1) is 13.6. The van der Waals surface area contributed by atoms with Gasteiger partial charge in [0, 0.05) is 12.1 Å². The molecule has 2 nitrogen and oxygen atoms in total. The van der Waals surface area contributed by atoms with Gasteiger partial charge in [0.25, 0.3) is 0 Å². The van der Waals surface area contributed by atoms with Crippen LogP contribution in [-0.2, 0) is 6.42 Å². The van der Waals surface area contributed by atoms with Gasteiger partial charge in [0.2, 0.25) is 0 Å². The molecule has 0 saturated heterocycles. The van der Waals surface area contributed by atoms with Crippen molar-refractivity contribution in [3.05, 3.63) is 35.9 Å². The van der Waals surface area contributed by atoms with Crippen molar-refractivity contribution in [2.45, 2.75) is 51.1 Å². The van der Waals surface area contributed by atoms with E-state index in [-0.39, 0.29) is 12.6 Å². The molecule has 2 unspecified atom stereocenters. The van der Waals surface area contributed by atoms with Crippen LogP contribution in [0.3, 0.4) is 0 Å². The van der Waals surface area contributed by atoms with Crippen molar-refractivity contribution < 1.29 is 5.11 Å². The van der Waals surface area contributed by atoms with Crippen LogP contribution in [0, 0.1) is 5.92 Å². The van der Waals surface area contributed by atoms with Crippen molar-refractivity contribution in [1.29, 1.82) is 0 Å². The van der Waals surface area contributed by atoms with Crippen LogP contribution < -0.4 is 5.32 Å². The molecule has 0 spiro atoms. The molecular formula is C16H25NO. The second kappa shape index (κ2) is 6.91. The van der Waals surface area contributed by atoms with Crippen LogP contribution in [0.2, 0.25) is 0 Å². The summed E-state index contributed by atoms with van der Waals surface area (Å²) in [6.07, 6.45) is 6.35. The molecule has 0 heterocycles. The Morgan fingerprint density at radius 2 is 1.89 bits per heavy atom. The van der Waals surface area contributed by atoms with Gasteiger partial charge < -0.3 is 10.4 Å². The third kappa shape index (κ3) is 3.82. The first-order valence-corrected chi connectivity index (χ1v) is 7.20. The number of aliphatic hydroxyl groups excluding tert-OH is 1. The van der Waals surface area contributed by atoms with Crippen molar-refractivity contribution in [2.75, 3.05) is 6.61 Å². The smallest absolute Gasteiger partial charge is 0.0587 e. The molecule has 2 atom stereocenters. The van der Waals surface area contributed by atoms with Crippen molar-refractivity contribution in [1.82, 2.24) is 5.32 Å². The van der Waals surface area contributed by atoms with E-state index in [0.717, 1.165) is 12.3 Å². The summed E-state index contributed by atoms with van der Waals surface area (Å²) in [5, 5.41) is 13.1. The average molecular weight is 247 g/mol. The summed E-state index contributed by atoms with van der Waals surface area (Å²) in [6, 6.07) is 11.1. The molecule has 0 bridgehead atoms. The van der Waals surface area contributed by atoms with Crippen molar-refractivity contribution in [3.63, 3.8) is 0 Å². The van der Waals surface area contributed by atoms with E-state index in [1.165, 1.54) is 31.2 Å². The lowest BCUT2D eigenvalue weighted by molar-refractivity contribution is 0.218. The Morgan fingerprint density at radius 1 is 1.22 bits per heavy atom. The second-order valence-corrected chi connectivity index (χ2v) is 5.57. The zero-order valence-electron chi connectivity index (χ0n) is 11.3. The monoisotopic (exact) mass is 247 g/mol. The molecule has 2 heteroatoms. The Morgan fingerprint density at radius 3 is 2.50 bits per heavy atom. The normalized spacial score (nSPS) is 19.9. The third-order valence-electron chi connectivity index (χ3n) is 4.15. The molecule has 1 aromatic rings. The molecule has 1 aliphatic carbocycles. The zero-order chi connectivity index (χ0) is 12.8. The second-order valence-electron chi connectivity index (χ2n) is 5.57. The number of hydrogen-bond acceptors (Lipinski definition) is 2. The van der Waals surface area contributed by atoms with Gasteiger partial charge in [0.1, 0.15) is 0 Å². The summed E-state index contributed by atoms with van der Waals surface area (Å²) in [4.78, 5) is 0. The van der Waals surface area contributed by atoms with Crippen LogP contribution in [0.5, 0.6) is 0 Å². The Kier molecular flexibility index (Phi) is 5.21. The van der Waals surface area contributed by atoms with Crippen LogP contribution in [-0.4, -0.2) is 23.8 Å². The first-order valence-electron chi connectivity index (χ1n) is 7.20. The van der Waals surface area contributed by atoms with Gasteiger partial charge in [0.15, 0.2) is 0 Å². The molecule has 1 aliphatic rings. The van der Waals surface area contributed by atoms with Gasteiger partial charge in [-0.25, -0.2) is 0 Å². The lowest BCUT2D eigenvalue weighted by Crippen LogP contribution is -2.43. The lowest BCUT2D eigenvalue weighted by Gasteiger charge is -2.26. The fraction of sp³-hybridized carbons (Fsp3) is 0.625. The van der Waals surface area contributed by atoms with Crippen LogP contribution in [0.1, 0.15) is 38.2 Å². The largest absolute Gasteiger partial charge is 0.395 e. The predicted molar refractivity (Wildman–Crippen MR) is 75.6 cm³/mol. The van der Waals surface area contributed by atoms with Gasteiger partial charge >= 0.3 is 0 Å². The van der Waals surface area contributed by atoms with E-state index >= 15 is 0 Å². The summed E-state index contributed by atoms with van der Waals surface area (Å²) in [5.41, 5.74) is 1.29. The molecule has 0 radical (unpaired) electrons. The van der Waals surface area contributed by atoms with Gasteiger partial charge in [0.05, 0.1) is 6.61 Å². The minimum Gasteiger partial charge on any atom is -0.395 e. The zero-order valence-corrected chi connectivity index (χ0v) is 11.3. The highest BCUT2D eigenvalue weighted by atomic mass is 16.3. The van der Waals surface area contributed by atoms with Gasteiger partial charge in [-0.2, -0.15) is 0 Å². The number of aliphatic hydroxyl groups is 1. The van der Waals surface area contributed by atoms with Gasteiger partial charge in [-0.3, -0.25) is 0 Å². The summed E-state index contributed by atoms with van der Waals surface area (Å²) in [6.45, 7) is 2.48. The fourth-order valence-electron chi connectivity index (χ4n) is 3.04. The van der Waals surface area contributed by atoms with E-state index < -0.39 is 0 Å². The molecule has 2 rings (SSSR count). The van der Waals surface area contributed by atoms with Crippen LogP contribution in [0.15, 0.2) is 30.3 Å². The molecule has 0 amide bonds. The van der Waals surface area contributed by atoms with E-state index in [4.69, 9.17) is 0 Å². The summed E-state index contributed by atoms with van der Waals surface area (Å²) in [5.74, 6) is 0.801. The van der Waals surface area contributed by atoms with E-state index in [0.29, 0.717) is 6.04 Å². The topological polar surface area (TPSA) is 32.3 Å². The third-order valence-corrected chi connectivity index (χ3v) is 4.15. The number of hydrogen-bond donors (Lipinski definition) is 2. The molecule has 1 saturated carbocycles. The average Bonchev–Trinajstić information content (AvgIpc) is 2.93. The first-order chi connectivity index (χ1) is 8.79. The standard InChI is InChI=1S/C16H25NO/c1-13(15-9-5-6-10-15)17-16(12-18)11-14-7-3-2-4-8-14/h2-4,7-8,13,15-18H,5-6,9-12H2,1H3. The molecule has 2 N–H and O–H groups in total. The van der Waals surface area contributed by atoms with Crippen LogP contribution in [0.4, 0.5) is 0 Å². The maximum absolute atomic E-state index is 9.52. The minimum absolute atomic E-state index is 0.183. The highest BCUT2D eigenvalue weighted by Crippen LogP contribution is 2.27. The number of benzene rings is 1. The molecule has 0 aliphatic heterocycles. The lowest BCUT2D eigenvalue weighted by atomic mass is 9.97. The maximum Gasteiger partial charge on any atom is 0.0587 e. The van der Waals surface area contributed by atoms with Crippen molar-refractivity contribution in [2.24, 2.45) is 5.92 Å². The molecule has 0 aromatic heterocycles. The summed E-state index contributed by atoms with van der Waals surface area (Å²) >= 11 is 0. The maximum atomic E-state index is 9.52. The quantitative estimate of drug-likeness (QED) is 0.810. The van der Waals surface area contributed by atoms with E-state index in [1.54, 1.807) is 0 Å². The Hall–Kier alpha value is -0.860. The highest BCUT2D eigenvalue weighted by molar-refractivity contribution is 5.16. The van der Waals surface area contributed by atoms with Crippen molar-refractivity contribution in [3.8, 4) is 0 Å². The van der Waals surface area contributed by atoms with E-state index in [1.807, 2.05) is 6.07 Å². The van der Waals surface area contributed by atoms with Crippen molar-refractivity contribution >= 4 is 0 Å². The molecular weight excluding hydrogens is 222 g/mol. The Bertz CT molecular complexity index is 332. The molecule has 18 heavy (non-hydrogen) atoms. The predicted octanol–water partition coefficient (Wildman–Crippen LogP) is 2.76. The summed E-state index contributed by atoms with van der Waals surface area (Å²) < 4.78 is 0. The summed E-state index contributed by atoms with van der Waals surface area (Å²) in [7, 11) is 0. The highest BCUT2D eigenvalue weighted by Gasteiger charge is 2.23. The molecule has 1 fully saturated rings. The van der Waals surface area contributed by atoms with Gasteiger partial charge in [-0.1, -0.05) is 43.2 Å². The SMILES string of the molecule is CC(NC(CO)Cc1ccccc1)C1CCCC1. The van der Waals surface area contributed by atoms with Gasteiger partial charge in [-0.15, -0.1) is 0 Å². The molecule has 1 aromatic carbocycles. The fourth-order valence-corrected chi connectivity index (χ4v) is 3.04. The Labute approximate surface area is 110 Å². The van der Waals surface area contributed by atoms with E-state index in [9.17, 15) is 5.11 Å². The number of rotatable bonds is 6. The molecule has 100 valence electrons.